The van der Waals surface area contributed by atoms with Crippen molar-refractivity contribution in [2.45, 2.75) is 19.3 Å². The number of benzene rings is 1. The van der Waals surface area contributed by atoms with Gasteiger partial charge < -0.3 is 15.3 Å². The van der Waals surface area contributed by atoms with Crippen molar-refractivity contribution in [1.82, 2.24) is 5.32 Å². The van der Waals surface area contributed by atoms with Crippen LogP contribution < -0.4 is 10.2 Å². The maximum absolute atomic E-state index is 13.7. The number of amides is 2. The Kier molecular flexibility index (Phi) is 5.25. The predicted molar refractivity (Wildman–Crippen MR) is 76.7 cm³/mol. The van der Waals surface area contributed by atoms with Crippen molar-refractivity contribution in [3.63, 3.8) is 0 Å². The lowest BCUT2D eigenvalue weighted by atomic mass is 10.1. The summed E-state index contributed by atoms with van der Waals surface area (Å²) in [5.74, 6) is -3.99. The van der Waals surface area contributed by atoms with Crippen LogP contribution in [-0.4, -0.2) is 36.0 Å². The lowest BCUT2D eigenvalue weighted by molar-refractivity contribution is -0.137. The Bertz CT molecular complexity index is 636. The summed E-state index contributed by atoms with van der Waals surface area (Å²) >= 11 is 0. The van der Waals surface area contributed by atoms with Crippen LogP contribution >= 0.6 is 0 Å². The molecule has 0 spiro atoms. The quantitative estimate of drug-likeness (QED) is 0.772. The van der Waals surface area contributed by atoms with E-state index >= 15 is 0 Å². The first-order chi connectivity index (χ1) is 10.9. The number of carbonyl (C=O) groups is 3. The van der Waals surface area contributed by atoms with Crippen LogP contribution in [0.2, 0.25) is 0 Å². The molecule has 1 aliphatic rings. The number of anilines is 1. The molecule has 0 bridgehead atoms. The summed E-state index contributed by atoms with van der Waals surface area (Å²) in [7, 11) is 0. The van der Waals surface area contributed by atoms with Crippen LogP contribution in [0, 0.1) is 17.6 Å². The van der Waals surface area contributed by atoms with Crippen LogP contribution in [0.5, 0.6) is 0 Å². The van der Waals surface area contributed by atoms with E-state index in [0.717, 1.165) is 17.0 Å². The predicted octanol–water partition coefficient (Wildman–Crippen LogP) is 1.30. The second-order valence-corrected chi connectivity index (χ2v) is 5.29. The summed E-state index contributed by atoms with van der Waals surface area (Å²) in [5.41, 5.74) is -0.0578. The van der Waals surface area contributed by atoms with Gasteiger partial charge in [-0.2, -0.15) is 0 Å². The van der Waals surface area contributed by atoms with Crippen molar-refractivity contribution in [2.75, 3.05) is 18.0 Å². The molecule has 2 rings (SSSR count). The van der Waals surface area contributed by atoms with Crippen molar-refractivity contribution in [1.29, 1.82) is 0 Å². The molecule has 0 saturated carbocycles. The first kappa shape index (κ1) is 16.9. The van der Waals surface area contributed by atoms with E-state index in [-0.39, 0.29) is 43.9 Å². The minimum atomic E-state index is -0.951. The summed E-state index contributed by atoms with van der Waals surface area (Å²) in [4.78, 5) is 35.4. The lowest BCUT2D eigenvalue weighted by Crippen LogP contribution is -2.33. The average molecular weight is 326 g/mol. The van der Waals surface area contributed by atoms with E-state index in [1.165, 1.54) is 0 Å². The molecule has 2 amide bonds. The SMILES string of the molecule is O=C(O)CCCNC(=O)C1CC(=O)N(c2ccc(F)cc2F)C1. The van der Waals surface area contributed by atoms with Gasteiger partial charge in [-0.3, -0.25) is 14.4 Å². The minimum Gasteiger partial charge on any atom is -0.481 e. The van der Waals surface area contributed by atoms with E-state index in [0.29, 0.717) is 6.07 Å². The molecule has 1 saturated heterocycles. The second kappa shape index (κ2) is 7.17. The lowest BCUT2D eigenvalue weighted by Gasteiger charge is -2.17. The molecule has 0 aliphatic carbocycles. The van der Waals surface area contributed by atoms with Crippen molar-refractivity contribution < 1.29 is 28.3 Å². The first-order valence-corrected chi connectivity index (χ1v) is 7.13. The average Bonchev–Trinajstić information content (AvgIpc) is 2.85. The fourth-order valence-electron chi connectivity index (χ4n) is 2.41. The largest absolute Gasteiger partial charge is 0.481 e. The summed E-state index contributed by atoms with van der Waals surface area (Å²) in [6.45, 7) is 0.201. The van der Waals surface area contributed by atoms with E-state index in [1.54, 1.807) is 0 Å². The fourth-order valence-corrected chi connectivity index (χ4v) is 2.41. The van der Waals surface area contributed by atoms with Gasteiger partial charge in [0, 0.05) is 32.0 Å². The Morgan fingerprint density at radius 3 is 2.74 bits per heavy atom. The zero-order valence-corrected chi connectivity index (χ0v) is 12.2. The number of aliphatic carboxylic acids is 1. The van der Waals surface area contributed by atoms with Crippen LogP contribution in [0.1, 0.15) is 19.3 Å². The molecule has 8 heteroatoms. The van der Waals surface area contributed by atoms with Gasteiger partial charge in [0.05, 0.1) is 11.6 Å². The molecular formula is C15H16F2N2O4. The normalized spacial score (nSPS) is 17.4. The van der Waals surface area contributed by atoms with Crippen LogP contribution in [0.25, 0.3) is 0 Å². The molecule has 1 aromatic rings. The topological polar surface area (TPSA) is 86.7 Å². The van der Waals surface area contributed by atoms with Crippen LogP contribution in [-0.2, 0) is 14.4 Å². The highest BCUT2D eigenvalue weighted by atomic mass is 19.1. The number of carboxylic acid groups (broad SMARTS) is 1. The molecule has 1 fully saturated rings. The number of carboxylic acids is 1. The molecule has 124 valence electrons. The van der Waals surface area contributed by atoms with E-state index < -0.39 is 29.4 Å². The van der Waals surface area contributed by atoms with Gasteiger partial charge >= 0.3 is 5.97 Å². The first-order valence-electron chi connectivity index (χ1n) is 7.13. The summed E-state index contributed by atoms with van der Waals surface area (Å²) < 4.78 is 26.7. The Labute approximate surface area is 131 Å². The fraction of sp³-hybridized carbons (Fsp3) is 0.400. The molecule has 1 unspecified atom stereocenters. The highest BCUT2D eigenvalue weighted by Gasteiger charge is 2.36. The van der Waals surface area contributed by atoms with E-state index in [1.807, 2.05) is 0 Å². The van der Waals surface area contributed by atoms with Gasteiger partial charge in [-0.1, -0.05) is 0 Å². The molecule has 6 nitrogen and oxygen atoms in total. The van der Waals surface area contributed by atoms with Gasteiger partial charge in [-0.25, -0.2) is 8.78 Å². The monoisotopic (exact) mass is 326 g/mol. The van der Waals surface area contributed by atoms with Gasteiger partial charge in [0.25, 0.3) is 0 Å². The molecule has 1 heterocycles. The third kappa shape index (κ3) is 4.24. The second-order valence-electron chi connectivity index (χ2n) is 5.29. The van der Waals surface area contributed by atoms with E-state index in [4.69, 9.17) is 5.11 Å². The maximum Gasteiger partial charge on any atom is 0.303 e. The molecule has 1 aromatic carbocycles. The minimum absolute atomic E-state index is 0.00610. The van der Waals surface area contributed by atoms with Crippen molar-refractivity contribution in [3.05, 3.63) is 29.8 Å². The smallest absolute Gasteiger partial charge is 0.303 e. The molecule has 0 aromatic heterocycles. The van der Waals surface area contributed by atoms with Gasteiger partial charge in [0.2, 0.25) is 11.8 Å². The van der Waals surface area contributed by atoms with Gasteiger partial charge in [0.1, 0.15) is 11.6 Å². The zero-order chi connectivity index (χ0) is 17.0. The highest BCUT2D eigenvalue weighted by Crippen LogP contribution is 2.27. The number of carbonyl (C=O) groups excluding carboxylic acids is 2. The highest BCUT2D eigenvalue weighted by molar-refractivity contribution is 6.00. The third-order valence-corrected chi connectivity index (χ3v) is 3.56. The number of nitrogens with one attached hydrogen (secondary N) is 1. The Morgan fingerprint density at radius 1 is 1.35 bits per heavy atom. The maximum atomic E-state index is 13.7. The van der Waals surface area contributed by atoms with Gasteiger partial charge in [-0.05, 0) is 18.6 Å². The third-order valence-electron chi connectivity index (χ3n) is 3.56. The molecule has 0 radical (unpaired) electrons. The van der Waals surface area contributed by atoms with Crippen LogP contribution in [0.15, 0.2) is 18.2 Å². The van der Waals surface area contributed by atoms with E-state index in [9.17, 15) is 23.2 Å². The number of halogens is 2. The van der Waals surface area contributed by atoms with E-state index in [2.05, 4.69) is 5.32 Å². The Balaban J connectivity index is 1.94. The van der Waals surface area contributed by atoms with Crippen molar-refractivity contribution in [2.24, 2.45) is 5.92 Å². The van der Waals surface area contributed by atoms with Gasteiger partial charge in [0.15, 0.2) is 0 Å². The van der Waals surface area contributed by atoms with Crippen LogP contribution in [0.3, 0.4) is 0 Å². The number of hydrogen-bond acceptors (Lipinski definition) is 3. The molecule has 1 aliphatic heterocycles. The van der Waals surface area contributed by atoms with Crippen LogP contribution in [0.4, 0.5) is 14.5 Å². The molecular weight excluding hydrogens is 310 g/mol. The number of hydrogen-bond donors (Lipinski definition) is 2. The molecule has 2 N–H and O–H groups in total. The Hall–Kier alpha value is -2.51. The standard InChI is InChI=1S/C15H16F2N2O4/c16-10-3-4-12(11(17)7-10)19-8-9(6-13(19)20)15(23)18-5-1-2-14(21)22/h3-4,7,9H,1-2,5-6,8H2,(H,18,23)(H,21,22). The number of rotatable bonds is 6. The zero-order valence-electron chi connectivity index (χ0n) is 12.2. The molecule has 1 atom stereocenters. The summed E-state index contributed by atoms with van der Waals surface area (Å²) in [6.07, 6.45) is 0.163. The van der Waals surface area contributed by atoms with Crippen molar-refractivity contribution >= 4 is 23.5 Å². The molecule has 23 heavy (non-hydrogen) atoms. The van der Waals surface area contributed by atoms with Gasteiger partial charge in [-0.15, -0.1) is 0 Å². The number of nitrogens with zero attached hydrogens (tertiary/aromatic N) is 1. The summed E-state index contributed by atoms with van der Waals surface area (Å²) in [5, 5.41) is 11.1. The van der Waals surface area contributed by atoms with Crippen molar-refractivity contribution in [3.8, 4) is 0 Å². The Morgan fingerprint density at radius 2 is 2.09 bits per heavy atom. The summed E-state index contributed by atoms with van der Waals surface area (Å²) in [6, 6.07) is 2.89.